The number of nitrogens with one attached hydrogen (secondary N) is 1. The second kappa shape index (κ2) is 9.25. The summed E-state index contributed by atoms with van der Waals surface area (Å²) >= 11 is 0. The molecule has 2 aromatic carbocycles. The van der Waals surface area contributed by atoms with E-state index in [-0.39, 0.29) is 18.2 Å². The fourth-order valence-electron chi connectivity index (χ4n) is 5.19. The summed E-state index contributed by atoms with van der Waals surface area (Å²) in [6, 6.07) is 16.7. The topological polar surface area (TPSA) is 88.6 Å². The number of hydrogen-bond acceptors (Lipinski definition) is 7. The number of ether oxygens (including phenoxy) is 1. The number of amides is 3. The van der Waals surface area contributed by atoms with E-state index >= 15 is 0 Å². The lowest BCUT2D eigenvalue weighted by Crippen LogP contribution is -2.67. The molecule has 180 valence electrons. The summed E-state index contributed by atoms with van der Waals surface area (Å²) in [5.41, 5.74) is 1.98. The van der Waals surface area contributed by atoms with Gasteiger partial charge in [0.25, 0.3) is 5.91 Å². The molecule has 2 aromatic rings. The van der Waals surface area contributed by atoms with Gasteiger partial charge in [-0.1, -0.05) is 30.3 Å². The molecule has 0 aliphatic carbocycles. The molecule has 0 spiro atoms. The van der Waals surface area contributed by atoms with Gasteiger partial charge in [-0.3, -0.25) is 19.9 Å². The number of rotatable bonds is 6. The van der Waals surface area contributed by atoms with Gasteiger partial charge in [-0.15, -0.1) is 0 Å². The van der Waals surface area contributed by atoms with E-state index in [1.54, 1.807) is 11.9 Å². The summed E-state index contributed by atoms with van der Waals surface area (Å²) in [6.07, 6.45) is -0.809. The first kappa shape index (κ1) is 22.6. The summed E-state index contributed by atoms with van der Waals surface area (Å²) in [5, 5.41) is 14.2. The number of hydrogen-bond donors (Lipinski definition) is 2. The van der Waals surface area contributed by atoms with E-state index in [1.165, 1.54) is 4.90 Å². The fraction of sp³-hybridized carbons (Fsp3) is 0.440. The van der Waals surface area contributed by atoms with Gasteiger partial charge in [0.1, 0.15) is 24.2 Å². The molecular formula is C25H31N5O4. The molecule has 5 rings (SSSR count). The maximum absolute atomic E-state index is 13.6. The highest BCUT2D eigenvalue weighted by Crippen LogP contribution is 2.33. The van der Waals surface area contributed by atoms with Crippen molar-refractivity contribution in [3.63, 3.8) is 0 Å². The highest BCUT2D eigenvalue weighted by molar-refractivity contribution is 6.00. The van der Waals surface area contributed by atoms with Crippen LogP contribution in [0, 0.1) is 0 Å². The van der Waals surface area contributed by atoms with Gasteiger partial charge in [0.05, 0.1) is 12.7 Å². The Morgan fingerprint density at radius 1 is 1.06 bits per heavy atom. The highest BCUT2D eigenvalue weighted by atomic mass is 16.5. The number of aliphatic hydroxyl groups excluding tert-OH is 1. The van der Waals surface area contributed by atoms with Gasteiger partial charge in [0.2, 0.25) is 0 Å². The fourth-order valence-corrected chi connectivity index (χ4v) is 5.19. The number of β-amino-alcohol motifs (C(OH)–C–C–N with tert-alkyl or cyclic N) is 1. The molecule has 9 nitrogen and oxygen atoms in total. The number of nitrogens with zero attached hydrogens (tertiary/aromatic N) is 4. The Morgan fingerprint density at radius 3 is 2.50 bits per heavy atom. The van der Waals surface area contributed by atoms with Crippen LogP contribution >= 0.6 is 0 Å². The van der Waals surface area contributed by atoms with Gasteiger partial charge in [0, 0.05) is 32.4 Å². The van der Waals surface area contributed by atoms with Crippen LogP contribution in [0.1, 0.15) is 12.5 Å². The number of aliphatic hydroxyl groups is 1. The van der Waals surface area contributed by atoms with Gasteiger partial charge in [-0.25, -0.2) is 4.79 Å². The summed E-state index contributed by atoms with van der Waals surface area (Å²) in [6.45, 7) is 3.62. The quantitative estimate of drug-likeness (QED) is 0.665. The van der Waals surface area contributed by atoms with Crippen molar-refractivity contribution in [3.05, 3.63) is 60.2 Å². The monoisotopic (exact) mass is 465 g/mol. The predicted molar refractivity (Wildman–Crippen MR) is 127 cm³/mol. The molecule has 3 aliphatic heterocycles. The molecule has 3 fully saturated rings. The average Bonchev–Trinajstić information content (AvgIpc) is 3.23. The second-order valence-electron chi connectivity index (χ2n) is 8.98. The van der Waals surface area contributed by atoms with E-state index < -0.39 is 18.3 Å². The van der Waals surface area contributed by atoms with Crippen LogP contribution in [0.3, 0.4) is 0 Å². The minimum Gasteiger partial charge on any atom is -0.494 e. The first-order valence-corrected chi connectivity index (χ1v) is 11.8. The molecule has 3 amide bonds. The van der Waals surface area contributed by atoms with E-state index in [4.69, 9.17) is 4.74 Å². The Hall–Kier alpha value is -3.14. The van der Waals surface area contributed by atoms with Crippen LogP contribution < -0.4 is 15.0 Å². The van der Waals surface area contributed by atoms with E-state index in [0.717, 1.165) is 17.0 Å². The molecule has 34 heavy (non-hydrogen) atoms. The smallest absolute Gasteiger partial charge is 0.327 e. The van der Waals surface area contributed by atoms with E-state index in [0.29, 0.717) is 32.7 Å². The first-order valence-electron chi connectivity index (χ1n) is 11.8. The van der Waals surface area contributed by atoms with Crippen LogP contribution in [0.5, 0.6) is 5.75 Å². The lowest BCUT2D eigenvalue weighted by atomic mass is 10.1. The summed E-state index contributed by atoms with van der Waals surface area (Å²) in [5.74, 6) is 0.558. The number of urea groups is 1. The zero-order valence-corrected chi connectivity index (χ0v) is 19.5. The molecule has 0 saturated carbocycles. The average molecular weight is 466 g/mol. The van der Waals surface area contributed by atoms with Crippen LogP contribution in [0.15, 0.2) is 54.6 Å². The van der Waals surface area contributed by atoms with Crippen molar-refractivity contribution in [2.24, 2.45) is 0 Å². The van der Waals surface area contributed by atoms with Crippen LogP contribution in [0.2, 0.25) is 0 Å². The molecule has 2 N–H and O–H groups in total. The number of imide groups is 1. The summed E-state index contributed by atoms with van der Waals surface area (Å²) in [4.78, 5) is 33.7. The van der Waals surface area contributed by atoms with Crippen molar-refractivity contribution < 1.29 is 19.4 Å². The van der Waals surface area contributed by atoms with Crippen LogP contribution in [0.25, 0.3) is 0 Å². The Labute approximate surface area is 199 Å². The van der Waals surface area contributed by atoms with Crippen molar-refractivity contribution in [2.45, 2.75) is 37.9 Å². The summed E-state index contributed by atoms with van der Waals surface area (Å²) in [7, 11) is 1.73. The number of benzene rings is 2. The van der Waals surface area contributed by atoms with Crippen LogP contribution in [-0.4, -0.2) is 89.6 Å². The zero-order valence-electron chi connectivity index (χ0n) is 19.5. The maximum atomic E-state index is 13.6. The van der Waals surface area contributed by atoms with Gasteiger partial charge >= 0.3 is 6.03 Å². The normalized spacial score (nSPS) is 27.1. The van der Waals surface area contributed by atoms with E-state index in [9.17, 15) is 14.7 Å². The standard InChI is InChI=1S/C25H31N5O4/c1-3-34-20-11-9-18(10-12-20)29-15-19(31)16-30-21-22(26-24(29)30)27(2)25(33)28(23(21)32)14-13-17-7-5-4-6-8-17/h4-12,19,21-22,24,26,31H,3,13-16H2,1-2H3. The Kier molecular flexibility index (Phi) is 6.16. The molecule has 4 atom stereocenters. The zero-order chi connectivity index (χ0) is 23.8. The van der Waals surface area contributed by atoms with Gasteiger partial charge in [-0.2, -0.15) is 0 Å². The number of carbonyl (C=O) groups excluding carboxylic acids is 2. The Morgan fingerprint density at radius 2 is 1.79 bits per heavy atom. The Balaban J connectivity index is 1.38. The summed E-state index contributed by atoms with van der Waals surface area (Å²) < 4.78 is 5.55. The number of likely N-dealkylation sites (N-methyl/N-ethyl adjacent to an activating group) is 1. The van der Waals surface area contributed by atoms with E-state index in [1.807, 2.05) is 71.3 Å². The number of anilines is 1. The molecule has 0 aromatic heterocycles. The molecule has 9 heteroatoms. The molecule has 3 heterocycles. The van der Waals surface area contributed by atoms with Crippen molar-refractivity contribution in [1.82, 2.24) is 20.0 Å². The van der Waals surface area contributed by atoms with Gasteiger partial charge in [0.15, 0.2) is 0 Å². The van der Waals surface area contributed by atoms with Crippen LogP contribution in [0.4, 0.5) is 10.5 Å². The second-order valence-corrected chi connectivity index (χ2v) is 8.98. The van der Waals surface area contributed by atoms with Crippen LogP contribution in [-0.2, 0) is 11.2 Å². The molecule has 3 aliphatic rings. The van der Waals surface area contributed by atoms with Crippen molar-refractivity contribution in [3.8, 4) is 5.75 Å². The molecule has 3 saturated heterocycles. The van der Waals surface area contributed by atoms with Crippen molar-refractivity contribution in [1.29, 1.82) is 0 Å². The third-order valence-electron chi connectivity index (χ3n) is 6.83. The molecule has 0 bridgehead atoms. The Bertz CT molecular complexity index is 1030. The maximum Gasteiger partial charge on any atom is 0.327 e. The molecule has 0 radical (unpaired) electrons. The lowest BCUT2D eigenvalue weighted by molar-refractivity contribution is -0.139. The van der Waals surface area contributed by atoms with Gasteiger partial charge in [-0.05, 0) is 43.2 Å². The number of fused-ring (bicyclic) bond motifs is 3. The predicted octanol–water partition coefficient (Wildman–Crippen LogP) is 1.29. The SMILES string of the molecule is CCOc1ccc(N2CC(O)CN3C4C(=O)N(CCc5ccccc5)C(=O)N(C)C4NC23)cc1. The van der Waals surface area contributed by atoms with E-state index in [2.05, 4.69) is 5.32 Å². The third-order valence-corrected chi connectivity index (χ3v) is 6.83. The highest BCUT2D eigenvalue weighted by Gasteiger charge is 2.56. The first-order chi connectivity index (χ1) is 16.5. The number of carbonyl (C=O) groups is 2. The largest absolute Gasteiger partial charge is 0.494 e. The molecule has 4 unspecified atom stereocenters. The molecular weight excluding hydrogens is 434 g/mol. The van der Waals surface area contributed by atoms with Crippen molar-refractivity contribution in [2.75, 3.05) is 38.2 Å². The van der Waals surface area contributed by atoms with Crippen molar-refractivity contribution >= 4 is 17.6 Å². The minimum absolute atomic E-state index is 0.222. The van der Waals surface area contributed by atoms with Gasteiger partial charge < -0.3 is 19.6 Å². The lowest BCUT2D eigenvalue weighted by Gasteiger charge is -2.45. The third kappa shape index (κ3) is 4.00. The minimum atomic E-state index is -0.628.